The van der Waals surface area contributed by atoms with Crippen molar-refractivity contribution in [3.8, 4) is 0 Å². The first-order valence-corrected chi connectivity index (χ1v) is 17.3. The number of thiocarbonyl (C=S) groups is 1. The molecule has 6 nitrogen and oxygen atoms in total. The lowest BCUT2D eigenvalue weighted by Crippen LogP contribution is -2.49. The minimum absolute atomic E-state index is 0. The Balaban J connectivity index is 0.000000151. The van der Waals surface area contributed by atoms with Gasteiger partial charge in [-0.15, -0.1) is 23.5 Å². The summed E-state index contributed by atoms with van der Waals surface area (Å²) in [4.78, 5) is 43.1. The lowest BCUT2D eigenvalue weighted by Gasteiger charge is -2.34. The van der Waals surface area contributed by atoms with Crippen LogP contribution in [0.5, 0.6) is 0 Å². The van der Waals surface area contributed by atoms with Gasteiger partial charge in [-0.1, -0.05) is 73.6 Å². The van der Waals surface area contributed by atoms with E-state index in [-0.39, 0.29) is 36.4 Å². The molecule has 8 rings (SSSR count). The Morgan fingerprint density at radius 2 is 1.48 bits per heavy atom. The van der Waals surface area contributed by atoms with E-state index < -0.39 is 0 Å². The van der Waals surface area contributed by atoms with E-state index in [1.807, 2.05) is 47.0 Å². The van der Waals surface area contributed by atoms with Crippen LogP contribution in [0.4, 0.5) is 4.39 Å². The van der Waals surface area contributed by atoms with Crippen molar-refractivity contribution in [2.75, 3.05) is 37.7 Å². The molecule has 0 bridgehead atoms. The monoisotopic (exact) mass is 667 g/mol. The van der Waals surface area contributed by atoms with Crippen LogP contribution in [0.2, 0.25) is 0 Å². The molecule has 3 aromatic carbocycles. The third-order valence-corrected chi connectivity index (χ3v) is 11.5. The fraction of sp³-hybridized carbons (Fsp3) is 0.333. The van der Waals surface area contributed by atoms with Gasteiger partial charge in [-0.3, -0.25) is 19.3 Å². The Morgan fingerprint density at radius 1 is 0.841 bits per heavy atom. The smallest absolute Gasteiger partial charge is 0.269 e. The maximum Gasteiger partial charge on any atom is 0.269 e. The molecule has 1 aromatic heterocycles. The quantitative estimate of drug-likeness (QED) is 0.222. The van der Waals surface area contributed by atoms with Crippen LogP contribution in [0.25, 0.3) is 10.1 Å². The predicted molar refractivity (Wildman–Crippen MR) is 184 cm³/mol. The molecule has 0 N–H and O–H groups in total. The van der Waals surface area contributed by atoms with Crippen LogP contribution in [-0.2, 0) is 11.5 Å². The number of ketones is 1. The van der Waals surface area contributed by atoms with E-state index in [2.05, 4.69) is 23.1 Å². The van der Waals surface area contributed by atoms with Gasteiger partial charge in [-0.05, 0) is 37.1 Å². The molecule has 44 heavy (non-hydrogen) atoms. The van der Waals surface area contributed by atoms with E-state index in [1.165, 1.54) is 28.1 Å². The second-order valence-corrected chi connectivity index (χ2v) is 14.2. The minimum atomic E-state index is -0.344. The molecule has 3 aliphatic heterocycles. The standard InChI is InChI=1S/C16H18FN3O2S.C8H6OS.C8H6S2.CH4/c17-13-3-1-2-12-14(13)23-20(16(12)22)10-18-6-8-19(9-7-18)15(21)11-4-5-11;2*9-7-5-10-8-4-2-1-3-6(7)8;/h1-3,11H,4-10H2;2*1-4H,5H2;1H4. The number of Topliss-reactive ketones (excluding diaryl/α,β-unsaturated/α-hetero) is 1. The van der Waals surface area contributed by atoms with Gasteiger partial charge in [0.2, 0.25) is 5.91 Å². The van der Waals surface area contributed by atoms with Gasteiger partial charge in [0, 0.05) is 63.6 Å². The molecule has 11 heteroatoms. The highest BCUT2D eigenvalue weighted by Gasteiger charge is 2.34. The summed E-state index contributed by atoms with van der Waals surface area (Å²) in [6, 6.07) is 20.7. The number of halogens is 1. The number of nitrogens with zero attached hydrogens (tertiary/aromatic N) is 3. The molecule has 230 valence electrons. The fourth-order valence-corrected chi connectivity index (χ4v) is 8.49. The molecule has 1 saturated carbocycles. The van der Waals surface area contributed by atoms with Crippen LogP contribution in [0.15, 0.2) is 81.3 Å². The highest BCUT2D eigenvalue weighted by atomic mass is 32.2. The molecule has 4 heterocycles. The summed E-state index contributed by atoms with van der Waals surface area (Å²) in [6.45, 7) is 3.39. The summed E-state index contributed by atoms with van der Waals surface area (Å²) in [5, 5.41) is 0.442. The summed E-state index contributed by atoms with van der Waals surface area (Å²) < 4.78 is 15.8. The second-order valence-electron chi connectivity index (χ2n) is 10.7. The van der Waals surface area contributed by atoms with Crippen molar-refractivity contribution in [2.24, 2.45) is 5.92 Å². The Bertz CT molecular complexity index is 1680. The molecule has 0 radical (unpaired) electrons. The van der Waals surface area contributed by atoms with Crippen LogP contribution >= 0.6 is 47.3 Å². The van der Waals surface area contributed by atoms with Gasteiger partial charge in [-0.25, -0.2) is 8.35 Å². The SMILES string of the molecule is C.O=C(C1CC1)N1CCN(Cn2sc3c(F)cccc3c2=O)CC1.O=C1CSc2ccccc21.S=C1CSc2ccccc21. The summed E-state index contributed by atoms with van der Waals surface area (Å²) in [5.74, 6) is 2.08. The van der Waals surface area contributed by atoms with Crippen LogP contribution < -0.4 is 5.56 Å². The number of carbonyl (C=O) groups is 2. The Kier molecular flexibility index (Phi) is 10.7. The minimum Gasteiger partial charge on any atom is -0.340 e. The molecule has 4 aliphatic rings. The molecule has 1 saturated heterocycles. The number of piperazine rings is 1. The number of amides is 1. The van der Waals surface area contributed by atoms with E-state index in [0.29, 0.717) is 35.6 Å². The maximum absolute atomic E-state index is 13.8. The molecule has 0 atom stereocenters. The van der Waals surface area contributed by atoms with Crippen LogP contribution in [0.1, 0.15) is 36.2 Å². The van der Waals surface area contributed by atoms with Crippen LogP contribution in [0, 0.1) is 11.7 Å². The van der Waals surface area contributed by atoms with Gasteiger partial charge in [-0.2, -0.15) is 0 Å². The number of hydrogen-bond acceptors (Lipinski definition) is 8. The van der Waals surface area contributed by atoms with E-state index >= 15 is 0 Å². The fourth-order valence-electron chi connectivity index (χ4n) is 5.12. The van der Waals surface area contributed by atoms with Gasteiger partial charge in [0.05, 0.1) is 22.5 Å². The van der Waals surface area contributed by atoms with Crippen molar-refractivity contribution in [1.29, 1.82) is 0 Å². The summed E-state index contributed by atoms with van der Waals surface area (Å²) in [5.41, 5.74) is 2.02. The zero-order valence-electron chi connectivity index (χ0n) is 23.4. The van der Waals surface area contributed by atoms with Crippen molar-refractivity contribution in [2.45, 2.75) is 36.7 Å². The Morgan fingerprint density at radius 3 is 2.11 bits per heavy atom. The number of rotatable bonds is 3. The lowest BCUT2D eigenvalue weighted by molar-refractivity contribution is -0.134. The number of carbonyl (C=O) groups excluding carboxylic acids is 2. The number of aromatic nitrogens is 1. The number of benzene rings is 3. The third kappa shape index (κ3) is 7.34. The van der Waals surface area contributed by atoms with Gasteiger partial charge >= 0.3 is 0 Å². The van der Waals surface area contributed by atoms with Crippen LogP contribution in [0.3, 0.4) is 0 Å². The molecular weight excluding hydrogens is 634 g/mol. The third-order valence-electron chi connectivity index (χ3n) is 7.66. The number of fused-ring (bicyclic) bond motifs is 3. The molecule has 0 spiro atoms. The van der Waals surface area contributed by atoms with Crippen molar-refractivity contribution in [1.82, 2.24) is 13.8 Å². The summed E-state index contributed by atoms with van der Waals surface area (Å²) >= 11 is 9.79. The average molecular weight is 668 g/mol. The van der Waals surface area contributed by atoms with Gasteiger partial charge < -0.3 is 4.90 Å². The first-order valence-electron chi connectivity index (χ1n) is 14.2. The maximum atomic E-state index is 13.8. The molecule has 0 unspecified atom stereocenters. The largest absolute Gasteiger partial charge is 0.340 e. The number of hydrogen-bond donors (Lipinski definition) is 0. The van der Waals surface area contributed by atoms with Crippen LogP contribution in [-0.4, -0.2) is 68.0 Å². The normalized spacial score (nSPS) is 17.2. The van der Waals surface area contributed by atoms with Crippen molar-refractivity contribution in [3.05, 3.63) is 94.0 Å². The Hall–Kier alpha value is -2.83. The predicted octanol–water partition coefficient (Wildman–Crippen LogP) is 6.84. The zero-order valence-corrected chi connectivity index (χ0v) is 26.6. The first-order chi connectivity index (χ1) is 20.9. The van der Waals surface area contributed by atoms with Crippen molar-refractivity contribution < 1.29 is 14.0 Å². The highest BCUT2D eigenvalue weighted by Crippen LogP contribution is 2.32. The van der Waals surface area contributed by atoms with Gasteiger partial charge in [0.1, 0.15) is 5.82 Å². The summed E-state index contributed by atoms with van der Waals surface area (Å²) in [6.07, 6.45) is 2.06. The Labute approximate surface area is 274 Å². The average Bonchev–Trinajstić information content (AvgIpc) is 3.63. The first kappa shape index (κ1) is 32.6. The molecule has 4 aromatic rings. The van der Waals surface area contributed by atoms with E-state index in [1.54, 1.807) is 27.9 Å². The second kappa shape index (κ2) is 14.5. The number of thioether (sulfide) groups is 2. The van der Waals surface area contributed by atoms with E-state index in [4.69, 9.17) is 12.2 Å². The van der Waals surface area contributed by atoms with Gasteiger partial charge in [0.25, 0.3) is 5.56 Å². The topological polar surface area (TPSA) is 62.6 Å². The molecule has 1 aliphatic carbocycles. The lowest BCUT2D eigenvalue weighted by atomic mass is 10.2. The summed E-state index contributed by atoms with van der Waals surface area (Å²) in [7, 11) is 0. The van der Waals surface area contributed by atoms with Gasteiger partial charge in [0.15, 0.2) is 5.78 Å². The van der Waals surface area contributed by atoms with Crippen molar-refractivity contribution >= 4 is 73.9 Å². The zero-order chi connectivity index (χ0) is 29.9. The van der Waals surface area contributed by atoms with E-state index in [9.17, 15) is 18.8 Å². The molecule has 1 amide bonds. The molecule has 2 fully saturated rings. The van der Waals surface area contributed by atoms with E-state index in [0.717, 1.165) is 47.0 Å². The molecular formula is C33H34FN3O3S4. The highest BCUT2D eigenvalue weighted by molar-refractivity contribution is 8.02. The van der Waals surface area contributed by atoms with Crippen molar-refractivity contribution in [3.63, 3.8) is 0 Å².